The lowest BCUT2D eigenvalue weighted by molar-refractivity contribution is 0.0703. The molecule has 2 rings (SSSR count). The first-order valence-corrected chi connectivity index (χ1v) is 5.54. The molecule has 1 unspecified atom stereocenters. The highest BCUT2D eigenvalue weighted by Gasteiger charge is 2.38. The summed E-state index contributed by atoms with van der Waals surface area (Å²) in [6.45, 7) is 4.97. The molecule has 1 heteroatoms. The molecule has 2 fully saturated rings. The van der Waals surface area contributed by atoms with Gasteiger partial charge in [-0.05, 0) is 43.7 Å². The zero-order valence-electron chi connectivity index (χ0n) is 8.23. The Hall–Kier alpha value is -0.0400. The second-order valence-corrected chi connectivity index (χ2v) is 4.78. The fourth-order valence-electron chi connectivity index (χ4n) is 3.12. The van der Waals surface area contributed by atoms with Gasteiger partial charge in [-0.1, -0.05) is 26.2 Å². The molecule has 0 aromatic heterocycles. The molecule has 0 aromatic rings. The van der Waals surface area contributed by atoms with Gasteiger partial charge in [-0.15, -0.1) is 0 Å². The summed E-state index contributed by atoms with van der Waals surface area (Å²) in [7, 11) is 0. The van der Waals surface area contributed by atoms with E-state index in [1.54, 1.807) is 0 Å². The fourth-order valence-corrected chi connectivity index (χ4v) is 3.12. The Morgan fingerprint density at radius 3 is 2.50 bits per heavy atom. The molecule has 0 aromatic carbocycles. The molecule has 0 radical (unpaired) electrons. The van der Waals surface area contributed by atoms with E-state index in [9.17, 15) is 0 Å². The van der Waals surface area contributed by atoms with Gasteiger partial charge in [0.05, 0.1) is 0 Å². The SMILES string of the molecule is CC1CNCCC12CCCCC2. The molecular weight excluding hydrogens is 146 g/mol. The summed E-state index contributed by atoms with van der Waals surface area (Å²) in [6, 6.07) is 0. The van der Waals surface area contributed by atoms with Crippen molar-refractivity contribution >= 4 is 0 Å². The van der Waals surface area contributed by atoms with E-state index < -0.39 is 0 Å². The third kappa shape index (κ3) is 1.39. The summed E-state index contributed by atoms with van der Waals surface area (Å²) >= 11 is 0. The lowest BCUT2D eigenvalue weighted by Crippen LogP contribution is -2.44. The Morgan fingerprint density at radius 1 is 1.08 bits per heavy atom. The molecule has 12 heavy (non-hydrogen) atoms. The standard InChI is InChI=1S/C11H21N/c1-10-9-12-8-7-11(10)5-3-2-4-6-11/h10,12H,2-9H2,1H3. The van der Waals surface area contributed by atoms with Gasteiger partial charge >= 0.3 is 0 Å². The van der Waals surface area contributed by atoms with Gasteiger partial charge in [0.25, 0.3) is 0 Å². The van der Waals surface area contributed by atoms with Gasteiger partial charge in [-0.2, -0.15) is 0 Å². The minimum Gasteiger partial charge on any atom is -0.316 e. The van der Waals surface area contributed by atoms with Crippen molar-refractivity contribution in [3.05, 3.63) is 0 Å². The predicted molar refractivity (Wildman–Crippen MR) is 52.2 cm³/mol. The molecule has 1 saturated carbocycles. The molecule has 0 bridgehead atoms. The number of rotatable bonds is 0. The number of hydrogen-bond donors (Lipinski definition) is 1. The second-order valence-electron chi connectivity index (χ2n) is 4.78. The van der Waals surface area contributed by atoms with E-state index in [0.29, 0.717) is 0 Å². The van der Waals surface area contributed by atoms with Crippen LogP contribution < -0.4 is 5.32 Å². The van der Waals surface area contributed by atoms with Gasteiger partial charge in [-0.25, -0.2) is 0 Å². The van der Waals surface area contributed by atoms with Crippen LogP contribution in [0, 0.1) is 11.3 Å². The molecule has 2 aliphatic rings. The van der Waals surface area contributed by atoms with E-state index in [4.69, 9.17) is 0 Å². The van der Waals surface area contributed by atoms with Gasteiger partial charge in [0.2, 0.25) is 0 Å². The molecule has 1 aliphatic carbocycles. The van der Waals surface area contributed by atoms with E-state index in [-0.39, 0.29) is 0 Å². The van der Waals surface area contributed by atoms with E-state index >= 15 is 0 Å². The highest BCUT2D eigenvalue weighted by atomic mass is 14.9. The van der Waals surface area contributed by atoms with Crippen molar-refractivity contribution in [1.82, 2.24) is 5.32 Å². The first-order valence-electron chi connectivity index (χ1n) is 5.54. The van der Waals surface area contributed by atoms with Crippen molar-refractivity contribution < 1.29 is 0 Å². The minimum atomic E-state index is 0.753. The summed E-state index contributed by atoms with van der Waals surface area (Å²) in [6.07, 6.45) is 8.93. The molecule has 1 aliphatic heterocycles. The lowest BCUT2D eigenvalue weighted by Gasteiger charge is -2.45. The Morgan fingerprint density at radius 2 is 1.83 bits per heavy atom. The van der Waals surface area contributed by atoms with E-state index in [1.165, 1.54) is 51.6 Å². The number of piperidine rings is 1. The Balaban J connectivity index is 2.04. The van der Waals surface area contributed by atoms with Crippen LogP contribution in [0.5, 0.6) is 0 Å². The van der Waals surface area contributed by atoms with Crippen molar-refractivity contribution in [3.63, 3.8) is 0 Å². The molecule has 1 spiro atoms. The monoisotopic (exact) mass is 167 g/mol. The van der Waals surface area contributed by atoms with Crippen LogP contribution in [0.25, 0.3) is 0 Å². The topological polar surface area (TPSA) is 12.0 Å². The Labute approximate surface area is 75.9 Å². The van der Waals surface area contributed by atoms with Gasteiger partial charge < -0.3 is 5.32 Å². The van der Waals surface area contributed by atoms with Gasteiger partial charge in [-0.3, -0.25) is 0 Å². The van der Waals surface area contributed by atoms with Crippen molar-refractivity contribution in [2.45, 2.75) is 45.4 Å². The fraction of sp³-hybridized carbons (Fsp3) is 1.00. The predicted octanol–water partition coefficient (Wildman–Crippen LogP) is 2.57. The summed E-state index contributed by atoms with van der Waals surface area (Å²) < 4.78 is 0. The van der Waals surface area contributed by atoms with Crippen LogP contribution in [-0.2, 0) is 0 Å². The highest BCUT2D eigenvalue weighted by Crippen LogP contribution is 2.46. The van der Waals surface area contributed by atoms with Gasteiger partial charge in [0.15, 0.2) is 0 Å². The first-order chi connectivity index (χ1) is 5.83. The van der Waals surface area contributed by atoms with Crippen LogP contribution in [-0.4, -0.2) is 13.1 Å². The molecule has 70 valence electrons. The van der Waals surface area contributed by atoms with Crippen molar-refractivity contribution in [2.24, 2.45) is 11.3 Å². The molecule has 0 amide bonds. The normalized spacial score (nSPS) is 35.2. The van der Waals surface area contributed by atoms with Gasteiger partial charge in [0.1, 0.15) is 0 Å². The molecule has 1 heterocycles. The largest absolute Gasteiger partial charge is 0.316 e. The number of hydrogen-bond acceptors (Lipinski definition) is 1. The first kappa shape index (κ1) is 8.55. The smallest absolute Gasteiger partial charge is 0.00178 e. The maximum absolute atomic E-state index is 3.51. The zero-order chi connectivity index (χ0) is 8.44. The number of nitrogens with one attached hydrogen (secondary N) is 1. The second kappa shape index (κ2) is 3.37. The van der Waals surface area contributed by atoms with E-state index in [2.05, 4.69) is 12.2 Å². The summed E-state index contributed by atoms with van der Waals surface area (Å²) in [5.41, 5.74) is 0.753. The van der Waals surface area contributed by atoms with Gasteiger partial charge in [0, 0.05) is 0 Å². The average molecular weight is 167 g/mol. The Bertz CT molecular complexity index is 139. The molecule has 1 atom stereocenters. The van der Waals surface area contributed by atoms with Crippen molar-refractivity contribution in [2.75, 3.05) is 13.1 Å². The maximum atomic E-state index is 3.51. The molecule has 1 saturated heterocycles. The quantitative estimate of drug-likeness (QED) is 0.584. The van der Waals surface area contributed by atoms with Crippen molar-refractivity contribution in [1.29, 1.82) is 0 Å². The van der Waals surface area contributed by atoms with Crippen molar-refractivity contribution in [3.8, 4) is 0 Å². The maximum Gasteiger partial charge on any atom is -0.00178 e. The zero-order valence-corrected chi connectivity index (χ0v) is 8.23. The molecular formula is C11H21N. The minimum absolute atomic E-state index is 0.753. The summed E-state index contributed by atoms with van der Waals surface area (Å²) in [4.78, 5) is 0. The van der Waals surface area contributed by atoms with Crippen LogP contribution in [0.2, 0.25) is 0 Å². The molecule has 1 N–H and O–H groups in total. The lowest BCUT2D eigenvalue weighted by atomic mass is 9.63. The Kier molecular flexibility index (Phi) is 2.40. The van der Waals surface area contributed by atoms with Crippen LogP contribution in [0.4, 0.5) is 0 Å². The summed E-state index contributed by atoms with van der Waals surface area (Å²) in [5, 5.41) is 3.51. The average Bonchev–Trinajstić information content (AvgIpc) is 2.12. The van der Waals surface area contributed by atoms with Crippen LogP contribution >= 0.6 is 0 Å². The third-order valence-corrected chi connectivity index (χ3v) is 4.14. The van der Waals surface area contributed by atoms with Crippen LogP contribution in [0.1, 0.15) is 45.4 Å². The van der Waals surface area contributed by atoms with E-state index in [1.807, 2.05) is 0 Å². The summed E-state index contributed by atoms with van der Waals surface area (Å²) in [5.74, 6) is 0.923. The van der Waals surface area contributed by atoms with E-state index in [0.717, 1.165) is 11.3 Å². The molecule has 1 nitrogen and oxygen atoms in total. The highest BCUT2D eigenvalue weighted by molar-refractivity contribution is 4.91. The van der Waals surface area contributed by atoms with Crippen LogP contribution in [0.3, 0.4) is 0 Å². The third-order valence-electron chi connectivity index (χ3n) is 4.14. The van der Waals surface area contributed by atoms with Crippen LogP contribution in [0.15, 0.2) is 0 Å².